The Labute approximate surface area is 181 Å². The molecule has 0 spiro atoms. The first-order valence-electron chi connectivity index (χ1n) is 8.02. The molecule has 1 amide bonds. The Balaban J connectivity index is 1.79. The van der Waals surface area contributed by atoms with E-state index >= 15 is 0 Å². The lowest BCUT2D eigenvalue weighted by Crippen LogP contribution is -2.27. The largest absolute Gasteiger partial charge is 0.423 e. The first kappa shape index (κ1) is 20.6. The van der Waals surface area contributed by atoms with Crippen LogP contribution in [0.15, 0.2) is 60.0 Å². The SMILES string of the molecule is C=CCN1C(=O)/C(=C/c2cccc(OC(=O)c3ccc(Cl)cc3Cl)c2)SC1=S. The van der Waals surface area contributed by atoms with Crippen LogP contribution in [0.5, 0.6) is 5.75 Å². The van der Waals surface area contributed by atoms with Crippen LogP contribution >= 0.6 is 47.2 Å². The lowest BCUT2D eigenvalue weighted by molar-refractivity contribution is -0.121. The Kier molecular flexibility index (Phi) is 6.57. The van der Waals surface area contributed by atoms with Crippen molar-refractivity contribution in [2.75, 3.05) is 6.54 Å². The number of amides is 1. The van der Waals surface area contributed by atoms with E-state index in [1.54, 1.807) is 42.5 Å². The number of carbonyl (C=O) groups excluding carboxylic acids is 2. The van der Waals surface area contributed by atoms with Gasteiger partial charge in [0.25, 0.3) is 5.91 Å². The molecule has 1 heterocycles. The van der Waals surface area contributed by atoms with Crippen molar-refractivity contribution in [3.63, 3.8) is 0 Å². The molecule has 1 aliphatic heterocycles. The van der Waals surface area contributed by atoms with Gasteiger partial charge in [-0.25, -0.2) is 4.79 Å². The zero-order chi connectivity index (χ0) is 20.3. The summed E-state index contributed by atoms with van der Waals surface area (Å²) in [7, 11) is 0. The van der Waals surface area contributed by atoms with Crippen LogP contribution in [0.2, 0.25) is 10.0 Å². The molecule has 0 atom stereocenters. The average Bonchev–Trinajstić information content (AvgIpc) is 2.89. The number of hydrogen-bond donors (Lipinski definition) is 0. The molecule has 2 aromatic rings. The predicted molar refractivity (Wildman–Crippen MR) is 118 cm³/mol. The van der Waals surface area contributed by atoms with Crippen LogP contribution in [0.25, 0.3) is 6.08 Å². The Morgan fingerprint density at radius 3 is 2.75 bits per heavy atom. The van der Waals surface area contributed by atoms with Gasteiger partial charge in [0.2, 0.25) is 0 Å². The summed E-state index contributed by atoms with van der Waals surface area (Å²) < 4.78 is 5.88. The third-order valence-electron chi connectivity index (χ3n) is 3.70. The van der Waals surface area contributed by atoms with Crippen LogP contribution in [0.4, 0.5) is 0 Å². The highest BCUT2D eigenvalue weighted by molar-refractivity contribution is 8.26. The molecule has 0 aromatic heterocycles. The summed E-state index contributed by atoms with van der Waals surface area (Å²) in [5.41, 5.74) is 0.911. The van der Waals surface area contributed by atoms with E-state index in [2.05, 4.69) is 6.58 Å². The molecule has 0 saturated carbocycles. The summed E-state index contributed by atoms with van der Waals surface area (Å²) in [5, 5.41) is 0.636. The number of esters is 1. The second kappa shape index (κ2) is 8.92. The second-order valence-electron chi connectivity index (χ2n) is 5.67. The second-order valence-corrected chi connectivity index (χ2v) is 8.19. The summed E-state index contributed by atoms with van der Waals surface area (Å²) in [6.45, 7) is 3.99. The van der Waals surface area contributed by atoms with Crippen LogP contribution in [-0.4, -0.2) is 27.6 Å². The van der Waals surface area contributed by atoms with Gasteiger partial charge in [-0.1, -0.05) is 65.4 Å². The van der Waals surface area contributed by atoms with Crippen molar-refractivity contribution in [3.8, 4) is 5.75 Å². The van der Waals surface area contributed by atoms with Crippen LogP contribution in [0, 0.1) is 0 Å². The molecule has 2 aromatic carbocycles. The van der Waals surface area contributed by atoms with Gasteiger partial charge >= 0.3 is 5.97 Å². The number of ether oxygens (including phenoxy) is 1. The Hall–Kier alpha value is -2.12. The molecule has 3 rings (SSSR count). The van der Waals surface area contributed by atoms with E-state index < -0.39 is 5.97 Å². The van der Waals surface area contributed by atoms with Crippen molar-refractivity contribution in [1.29, 1.82) is 0 Å². The molecule has 28 heavy (non-hydrogen) atoms. The minimum Gasteiger partial charge on any atom is -0.423 e. The number of thioether (sulfide) groups is 1. The van der Waals surface area contributed by atoms with Crippen molar-refractivity contribution in [3.05, 3.63) is 81.2 Å². The summed E-state index contributed by atoms with van der Waals surface area (Å²) >= 11 is 18.3. The molecule has 4 nitrogen and oxygen atoms in total. The molecule has 0 aliphatic carbocycles. The smallest absolute Gasteiger partial charge is 0.345 e. The van der Waals surface area contributed by atoms with Gasteiger partial charge < -0.3 is 4.74 Å². The third kappa shape index (κ3) is 4.64. The number of carbonyl (C=O) groups is 2. The van der Waals surface area contributed by atoms with E-state index in [-0.39, 0.29) is 16.5 Å². The monoisotopic (exact) mass is 449 g/mol. The Bertz CT molecular complexity index is 1020. The van der Waals surface area contributed by atoms with Crippen LogP contribution < -0.4 is 4.74 Å². The zero-order valence-electron chi connectivity index (χ0n) is 14.4. The average molecular weight is 450 g/mol. The van der Waals surface area contributed by atoms with Crippen LogP contribution in [0.3, 0.4) is 0 Å². The third-order valence-corrected chi connectivity index (χ3v) is 5.63. The molecular weight excluding hydrogens is 437 g/mol. The molecule has 8 heteroatoms. The molecule has 1 fully saturated rings. The van der Waals surface area contributed by atoms with Gasteiger partial charge in [-0.15, -0.1) is 6.58 Å². The number of halogens is 2. The van der Waals surface area contributed by atoms with Crippen molar-refractivity contribution < 1.29 is 14.3 Å². The standard InChI is InChI=1S/C20H13Cl2NO3S2/c1-2-8-23-18(24)17(28-20(23)27)10-12-4-3-5-14(9-12)26-19(25)15-7-6-13(21)11-16(15)22/h2-7,9-11H,1,8H2/b17-10-. The first-order chi connectivity index (χ1) is 13.4. The molecule has 0 bridgehead atoms. The van der Waals surface area contributed by atoms with Gasteiger partial charge in [-0.05, 0) is 42.0 Å². The number of hydrogen-bond acceptors (Lipinski definition) is 5. The lowest BCUT2D eigenvalue weighted by atomic mass is 10.2. The van der Waals surface area contributed by atoms with Gasteiger partial charge in [0.1, 0.15) is 10.1 Å². The van der Waals surface area contributed by atoms with E-state index in [4.69, 9.17) is 40.2 Å². The Morgan fingerprint density at radius 2 is 2.04 bits per heavy atom. The van der Waals surface area contributed by atoms with Crippen LogP contribution in [0.1, 0.15) is 15.9 Å². The van der Waals surface area contributed by atoms with Gasteiger partial charge in [0.15, 0.2) is 0 Å². The normalized spacial score (nSPS) is 15.2. The summed E-state index contributed by atoms with van der Waals surface area (Å²) in [5.74, 6) is -0.451. The quantitative estimate of drug-likeness (QED) is 0.195. The van der Waals surface area contributed by atoms with Gasteiger partial charge in [0, 0.05) is 11.6 Å². The van der Waals surface area contributed by atoms with Gasteiger partial charge in [-0.3, -0.25) is 9.69 Å². The molecule has 142 valence electrons. The molecule has 1 aliphatic rings. The fourth-order valence-corrected chi connectivity index (χ4v) is 4.18. The molecule has 1 saturated heterocycles. The van der Waals surface area contributed by atoms with E-state index in [0.29, 0.717) is 32.1 Å². The van der Waals surface area contributed by atoms with E-state index in [1.165, 1.54) is 28.8 Å². The van der Waals surface area contributed by atoms with Crippen molar-refractivity contribution in [2.24, 2.45) is 0 Å². The topological polar surface area (TPSA) is 46.6 Å². The number of thiocarbonyl (C=S) groups is 1. The highest BCUT2D eigenvalue weighted by Crippen LogP contribution is 2.33. The maximum atomic E-state index is 12.4. The predicted octanol–water partition coefficient (Wildman–Crippen LogP) is 5.60. The fourth-order valence-electron chi connectivity index (χ4n) is 2.42. The molecule has 0 unspecified atom stereocenters. The summed E-state index contributed by atoms with van der Waals surface area (Å²) in [6.07, 6.45) is 3.32. The molecular formula is C20H13Cl2NO3S2. The zero-order valence-corrected chi connectivity index (χ0v) is 17.5. The van der Waals surface area contributed by atoms with E-state index in [1.807, 2.05) is 0 Å². The van der Waals surface area contributed by atoms with Gasteiger partial charge in [-0.2, -0.15) is 0 Å². The minimum atomic E-state index is -0.601. The fraction of sp³-hybridized carbons (Fsp3) is 0.0500. The van der Waals surface area contributed by atoms with Gasteiger partial charge in [0.05, 0.1) is 15.5 Å². The van der Waals surface area contributed by atoms with Crippen LogP contribution in [-0.2, 0) is 4.79 Å². The number of rotatable bonds is 5. The Morgan fingerprint density at radius 1 is 1.25 bits per heavy atom. The van der Waals surface area contributed by atoms with E-state index in [0.717, 1.165) is 0 Å². The summed E-state index contributed by atoms with van der Waals surface area (Å²) in [4.78, 5) is 26.7. The minimum absolute atomic E-state index is 0.176. The molecule has 0 radical (unpaired) electrons. The maximum absolute atomic E-state index is 12.4. The molecule has 0 N–H and O–H groups in total. The summed E-state index contributed by atoms with van der Waals surface area (Å²) in [6, 6.07) is 11.4. The van der Waals surface area contributed by atoms with E-state index in [9.17, 15) is 9.59 Å². The highest BCUT2D eigenvalue weighted by atomic mass is 35.5. The van der Waals surface area contributed by atoms with Crippen molar-refractivity contribution in [2.45, 2.75) is 0 Å². The van der Waals surface area contributed by atoms with Crippen molar-refractivity contribution in [1.82, 2.24) is 4.90 Å². The first-order valence-corrected chi connectivity index (χ1v) is 10.0. The number of benzene rings is 2. The van der Waals surface area contributed by atoms with Crippen molar-refractivity contribution >= 4 is 69.5 Å². The highest BCUT2D eigenvalue weighted by Gasteiger charge is 2.30. The number of nitrogens with zero attached hydrogens (tertiary/aromatic N) is 1. The lowest BCUT2D eigenvalue weighted by Gasteiger charge is -2.10. The maximum Gasteiger partial charge on any atom is 0.345 e.